The Bertz CT molecular complexity index is 6660. The average Bonchev–Trinajstić information content (AvgIpc) is 0.672. The number of nitrogens with zero attached hydrogens (tertiary/aromatic N) is 2. The van der Waals surface area contributed by atoms with Crippen molar-refractivity contribution in [1.29, 1.82) is 0 Å². The lowest BCUT2D eigenvalue weighted by molar-refractivity contribution is 0.443. The minimum atomic E-state index is -0.504. The molecule has 6 nitrogen and oxygen atoms in total. The van der Waals surface area contributed by atoms with E-state index in [9.17, 15) is 0 Å². The fraction of sp³-hybridized carbons (Fsp3) is 0.0377. The van der Waals surface area contributed by atoms with Crippen molar-refractivity contribution in [3.05, 3.63) is 382 Å². The fourth-order valence-electron chi connectivity index (χ4n) is 19.2. The smallest absolute Gasteiger partial charge is 0.265 e. The maximum absolute atomic E-state index is 8.32. The Morgan fingerprint density at radius 1 is 0.209 bits per heavy atom. The van der Waals surface area contributed by atoms with E-state index in [4.69, 9.17) is 18.9 Å². The van der Waals surface area contributed by atoms with Gasteiger partial charge in [-0.1, -0.05) is 348 Å². The first-order valence-electron chi connectivity index (χ1n) is 39.9. The van der Waals surface area contributed by atoms with Crippen molar-refractivity contribution in [1.82, 2.24) is 0 Å². The van der Waals surface area contributed by atoms with Crippen LogP contribution in [-0.2, 0) is 5.41 Å². The van der Waals surface area contributed by atoms with Gasteiger partial charge in [-0.05, 0) is 147 Å². The zero-order chi connectivity index (χ0) is 76.1. The molecular formula is C106H71B3N2O4. The number of benzene rings is 17. The molecule has 17 aromatic rings. The van der Waals surface area contributed by atoms with Crippen LogP contribution in [0.1, 0.15) is 26.3 Å². The van der Waals surface area contributed by atoms with Crippen LogP contribution in [0.2, 0.25) is 0 Å². The number of anilines is 6. The van der Waals surface area contributed by atoms with Gasteiger partial charge in [-0.25, -0.2) is 0 Å². The van der Waals surface area contributed by atoms with Crippen molar-refractivity contribution in [2.45, 2.75) is 26.2 Å². The molecule has 0 saturated heterocycles. The van der Waals surface area contributed by atoms with Crippen molar-refractivity contribution in [2.24, 2.45) is 0 Å². The average molecular weight is 1470 g/mol. The lowest BCUT2D eigenvalue weighted by Gasteiger charge is -2.48. The molecule has 0 bridgehead atoms. The highest BCUT2D eigenvalue weighted by atomic mass is 16.5. The summed E-state index contributed by atoms with van der Waals surface area (Å²) in [6.45, 7) is 5.81. The molecule has 115 heavy (non-hydrogen) atoms. The molecule has 6 aliphatic rings. The molecule has 538 valence electrons. The van der Waals surface area contributed by atoms with Crippen LogP contribution in [0.5, 0.6) is 46.0 Å². The van der Waals surface area contributed by atoms with Crippen molar-refractivity contribution >= 4 is 103 Å². The Balaban J connectivity index is 0.859. The molecule has 0 aliphatic carbocycles. The zero-order valence-electron chi connectivity index (χ0n) is 63.6. The maximum Gasteiger partial charge on any atom is 0.265 e. The van der Waals surface area contributed by atoms with Crippen molar-refractivity contribution < 1.29 is 18.9 Å². The molecule has 9 heteroatoms. The van der Waals surface area contributed by atoms with Gasteiger partial charge < -0.3 is 28.7 Å². The molecule has 0 atom stereocenters. The highest BCUT2D eigenvalue weighted by molar-refractivity contribution is 7.04. The molecule has 23 rings (SSSR count). The first-order valence-corrected chi connectivity index (χ1v) is 39.9. The van der Waals surface area contributed by atoms with E-state index in [1.165, 1.54) is 5.56 Å². The summed E-state index contributed by atoms with van der Waals surface area (Å²) >= 11 is 0. The molecule has 0 saturated carbocycles. The third-order valence-electron chi connectivity index (χ3n) is 24.4. The Hall–Kier alpha value is -14.3. The number of para-hydroxylation sites is 2. The molecule has 0 aromatic heterocycles. The highest BCUT2D eigenvalue weighted by Crippen LogP contribution is 2.56. The minimum absolute atomic E-state index is 0.304. The van der Waals surface area contributed by atoms with Crippen LogP contribution >= 0.6 is 0 Å². The summed E-state index contributed by atoms with van der Waals surface area (Å²) in [5.74, 6) is 5.80. The molecule has 0 spiro atoms. The second kappa shape index (κ2) is 26.2. The van der Waals surface area contributed by atoms with Crippen molar-refractivity contribution in [3.63, 3.8) is 0 Å². The summed E-state index contributed by atoms with van der Waals surface area (Å²) in [4.78, 5) is 5.27. The van der Waals surface area contributed by atoms with Crippen molar-refractivity contribution in [2.75, 3.05) is 9.80 Å². The van der Waals surface area contributed by atoms with E-state index in [0.29, 0.717) is 17.2 Å². The number of hydrogen-bond acceptors (Lipinski definition) is 6. The van der Waals surface area contributed by atoms with Gasteiger partial charge in [-0.2, -0.15) is 0 Å². The van der Waals surface area contributed by atoms with Crippen LogP contribution < -0.4 is 77.9 Å². The quantitative estimate of drug-likeness (QED) is 0.127. The Kier molecular flexibility index (Phi) is 15.1. The predicted octanol–water partition coefficient (Wildman–Crippen LogP) is 21.9. The molecule has 17 aromatic carbocycles. The van der Waals surface area contributed by atoms with Gasteiger partial charge in [-0.3, -0.25) is 0 Å². The SMILES string of the molecule is CC(C)(C)c1cc2c3c(c1)N(c1c(-c4ccccc4)cccc1-c1ccccc1)c1cc4c5c(c1B3c1ccc(-c3ccccc3)cc1N2c1c(-c2ccccc2)cccc1-c1ccccc1)Oc1cc(-c2ccccc2)ccc1B5c1c(cc2c3c1Oc1ccc(-c5ccccc5)cc1B3c1cc(-c3ccccc3)ccc1O2)O4. The summed E-state index contributed by atoms with van der Waals surface area (Å²) in [5, 5.41) is 0. The van der Waals surface area contributed by atoms with Gasteiger partial charge in [0.2, 0.25) is 0 Å². The van der Waals surface area contributed by atoms with Crippen LogP contribution in [0.15, 0.2) is 376 Å². The lowest BCUT2D eigenvalue weighted by Crippen LogP contribution is -2.66. The molecule has 0 unspecified atom stereocenters. The zero-order valence-corrected chi connectivity index (χ0v) is 63.6. The minimum Gasteiger partial charge on any atom is -0.459 e. The van der Waals surface area contributed by atoms with Gasteiger partial charge in [0.1, 0.15) is 46.0 Å². The molecular weight excluding hydrogens is 1400 g/mol. The number of hydrogen-bond donors (Lipinski definition) is 0. The highest BCUT2D eigenvalue weighted by Gasteiger charge is 2.54. The Labute approximate surface area is 670 Å². The van der Waals surface area contributed by atoms with Crippen LogP contribution in [-0.4, -0.2) is 20.1 Å². The Morgan fingerprint density at radius 2 is 0.539 bits per heavy atom. The summed E-state index contributed by atoms with van der Waals surface area (Å²) < 4.78 is 31.6. The van der Waals surface area contributed by atoms with Gasteiger partial charge in [-0.15, -0.1) is 0 Å². The number of ether oxygens (including phenoxy) is 4. The second-order valence-electron chi connectivity index (χ2n) is 32.0. The third kappa shape index (κ3) is 10.6. The topological polar surface area (TPSA) is 43.4 Å². The fourth-order valence-corrected chi connectivity index (χ4v) is 19.2. The molecule has 0 fully saturated rings. The van der Waals surface area contributed by atoms with Crippen LogP contribution in [0.25, 0.3) is 89.0 Å². The number of rotatable bonds is 10. The largest absolute Gasteiger partial charge is 0.459 e. The first-order chi connectivity index (χ1) is 56.7. The lowest BCUT2D eigenvalue weighted by atomic mass is 9.29. The van der Waals surface area contributed by atoms with Gasteiger partial charge in [0, 0.05) is 73.5 Å². The summed E-state index contributed by atoms with van der Waals surface area (Å²) in [5.41, 5.74) is 33.8. The predicted molar refractivity (Wildman–Crippen MR) is 478 cm³/mol. The van der Waals surface area contributed by atoms with E-state index in [0.717, 1.165) is 201 Å². The van der Waals surface area contributed by atoms with E-state index in [1.54, 1.807) is 0 Å². The monoisotopic (exact) mass is 1470 g/mol. The molecule has 0 N–H and O–H groups in total. The maximum atomic E-state index is 8.32. The summed E-state index contributed by atoms with van der Waals surface area (Å²) in [7, 11) is 0. The Morgan fingerprint density at radius 3 is 0.983 bits per heavy atom. The van der Waals surface area contributed by atoms with Gasteiger partial charge in [0.15, 0.2) is 0 Å². The van der Waals surface area contributed by atoms with Crippen LogP contribution in [0.3, 0.4) is 0 Å². The van der Waals surface area contributed by atoms with E-state index in [2.05, 4.69) is 407 Å². The van der Waals surface area contributed by atoms with Crippen LogP contribution in [0.4, 0.5) is 34.1 Å². The van der Waals surface area contributed by atoms with Gasteiger partial charge in [0.05, 0.1) is 11.4 Å². The van der Waals surface area contributed by atoms with E-state index in [1.807, 2.05) is 0 Å². The van der Waals surface area contributed by atoms with E-state index < -0.39 is 13.4 Å². The summed E-state index contributed by atoms with van der Waals surface area (Å²) in [6, 6.07) is 138. The first kappa shape index (κ1) is 66.5. The van der Waals surface area contributed by atoms with E-state index in [-0.39, 0.29) is 12.1 Å². The van der Waals surface area contributed by atoms with Crippen LogP contribution in [0, 0.1) is 0 Å². The second-order valence-corrected chi connectivity index (χ2v) is 32.0. The standard InChI is InChI=1S/C106H71B3N2O4/c1-106(2,3)78-62-88-97-89(63-78)111(103-81(72-42-24-10-25-43-72)48-29-49-82(103)73-44-26-11-27-45-73)90-64-94-100-104(98(90)108(97)83-54-50-76(68-34-16-6-17-35-68)60-87(83)110(88)102-79(70-38-20-8-21-39-70)46-28-47-80(102)71-40-22-9-23-41-71)115-93-61-77(69-36-18-7-19-37-69)51-55-84(93)109(100)101-96(113-94)65-95-99-105(101)114-92-57-53-75(67-32-14-5-15-33-67)59-86(92)107(99)85-58-74(52-56-91(85)112-95)66-30-12-4-13-31-66/h4-65H,1-3H3. The third-order valence-corrected chi connectivity index (χ3v) is 24.4. The normalized spacial score (nSPS) is 13.2. The molecule has 0 radical (unpaired) electrons. The van der Waals surface area contributed by atoms with E-state index >= 15 is 0 Å². The molecule has 0 amide bonds. The van der Waals surface area contributed by atoms with Gasteiger partial charge >= 0.3 is 0 Å². The molecule has 6 heterocycles. The number of fused-ring (bicyclic) bond motifs is 14. The molecule has 6 aliphatic heterocycles. The van der Waals surface area contributed by atoms with Gasteiger partial charge in [0.25, 0.3) is 20.1 Å². The summed E-state index contributed by atoms with van der Waals surface area (Å²) in [6.07, 6.45) is 0. The van der Waals surface area contributed by atoms with Crippen molar-refractivity contribution in [3.8, 4) is 135 Å².